The van der Waals surface area contributed by atoms with E-state index in [1.54, 1.807) is 12.4 Å². The van der Waals surface area contributed by atoms with Crippen LogP contribution in [0.5, 0.6) is 0 Å². The molecule has 12 rings (SSSR count). The molecule has 63 heavy (non-hydrogen) atoms. The van der Waals surface area contributed by atoms with E-state index in [1.807, 2.05) is 60.9 Å². The molecule has 0 aliphatic rings. The molecule has 0 radical (unpaired) electrons. The second-order valence-corrected chi connectivity index (χ2v) is 15.8. The minimum Gasteiger partial charge on any atom is -0.309 e. The predicted molar refractivity (Wildman–Crippen MR) is 257 cm³/mol. The molecule has 0 saturated heterocycles. The van der Waals surface area contributed by atoms with Crippen molar-refractivity contribution in [2.75, 3.05) is 0 Å². The first-order chi connectivity index (χ1) is 31.2. The highest BCUT2D eigenvalue weighted by atomic mass is 15.0. The zero-order valence-corrected chi connectivity index (χ0v) is 34.0. The lowest BCUT2D eigenvalue weighted by Crippen LogP contribution is -1.94. The van der Waals surface area contributed by atoms with E-state index in [0.717, 1.165) is 100 Å². The Labute approximate surface area is 363 Å². The van der Waals surface area contributed by atoms with Crippen molar-refractivity contribution in [2.24, 2.45) is 0 Å². The van der Waals surface area contributed by atoms with Crippen LogP contribution in [0.2, 0.25) is 0 Å². The summed E-state index contributed by atoms with van der Waals surface area (Å²) in [5, 5.41) is 5.79. The van der Waals surface area contributed by atoms with Gasteiger partial charge in [0, 0.05) is 68.7 Å². The van der Waals surface area contributed by atoms with Crippen LogP contribution in [-0.2, 0) is 0 Å². The quantitative estimate of drug-likeness (QED) is 0.150. The van der Waals surface area contributed by atoms with Crippen molar-refractivity contribution in [3.8, 4) is 73.1 Å². The van der Waals surface area contributed by atoms with Crippen molar-refractivity contribution in [1.82, 2.24) is 29.5 Å². The van der Waals surface area contributed by atoms with E-state index >= 15 is 0 Å². The van der Waals surface area contributed by atoms with Gasteiger partial charge in [-0.2, -0.15) is 0 Å². The zero-order chi connectivity index (χ0) is 41.7. The third kappa shape index (κ3) is 6.49. The summed E-state index contributed by atoms with van der Waals surface area (Å²) in [6, 6.07) is 68.1. The van der Waals surface area contributed by atoms with Crippen LogP contribution in [0.1, 0.15) is 0 Å². The van der Waals surface area contributed by atoms with E-state index in [4.69, 9.17) is 15.0 Å². The van der Waals surface area contributed by atoms with Gasteiger partial charge in [-0.05, 0) is 119 Å². The molecule has 6 nitrogen and oxygen atoms in total. The molecular formula is C57H36N6. The Morgan fingerprint density at radius 2 is 0.873 bits per heavy atom. The monoisotopic (exact) mass is 804 g/mol. The Morgan fingerprint density at radius 1 is 0.302 bits per heavy atom. The van der Waals surface area contributed by atoms with Crippen LogP contribution in [0, 0.1) is 0 Å². The molecule has 12 aromatic rings. The number of para-hydroxylation sites is 2. The van der Waals surface area contributed by atoms with Crippen molar-refractivity contribution in [2.45, 2.75) is 0 Å². The van der Waals surface area contributed by atoms with Crippen LogP contribution in [0.3, 0.4) is 0 Å². The van der Waals surface area contributed by atoms with Gasteiger partial charge in [0.2, 0.25) is 0 Å². The number of hydrogen-bond acceptors (Lipinski definition) is 5. The van der Waals surface area contributed by atoms with Gasteiger partial charge < -0.3 is 4.57 Å². The van der Waals surface area contributed by atoms with E-state index in [1.165, 1.54) is 16.3 Å². The second-order valence-electron chi connectivity index (χ2n) is 15.8. The Balaban J connectivity index is 1.06. The van der Waals surface area contributed by atoms with Crippen LogP contribution in [0.25, 0.3) is 117 Å². The number of pyridine rings is 5. The van der Waals surface area contributed by atoms with Gasteiger partial charge in [-0.1, -0.05) is 103 Å². The van der Waals surface area contributed by atoms with Crippen molar-refractivity contribution < 1.29 is 0 Å². The fourth-order valence-corrected chi connectivity index (χ4v) is 8.91. The fourth-order valence-electron chi connectivity index (χ4n) is 8.91. The van der Waals surface area contributed by atoms with Crippen molar-refractivity contribution in [3.05, 3.63) is 219 Å². The van der Waals surface area contributed by atoms with Gasteiger partial charge in [0.05, 0.1) is 45.0 Å². The summed E-state index contributed by atoms with van der Waals surface area (Å²) in [5.74, 6) is 0. The minimum absolute atomic E-state index is 0.827. The van der Waals surface area contributed by atoms with Crippen LogP contribution in [0.15, 0.2) is 219 Å². The topological polar surface area (TPSA) is 69.4 Å². The second kappa shape index (κ2) is 15.1. The van der Waals surface area contributed by atoms with Crippen molar-refractivity contribution in [1.29, 1.82) is 0 Å². The molecule has 6 heterocycles. The van der Waals surface area contributed by atoms with Crippen molar-refractivity contribution in [3.63, 3.8) is 0 Å². The maximum atomic E-state index is 5.51. The van der Waals surface area contributed by atoms with E-state index in [-0.39, 0.29) is 0 Å². The van der Waals surface area contributed by atoms with E-state index in [0.29, 0.717) is 0 Å². The summed E-state index contributed by atoms with van der Waals surface area (Å²) in [4.78, 5) is 24.3. The molecule has 0 aliphatic heterocycles. The minimum atomic E-state index is 0.827. The molecule has 0 saturated carbocycles. The molecule has 0 amide bonds. The number of fused-ring (bicyclic) bond motifs is 6. The largest absolute Gasteiger partial charge is 0.309 e. The number of nitrogens with zero attached hydrogens (tertiary/aromatic N) is 6. The van der Waals surface area contributed by atoms with Gasteiger partial charge in [0.25, 0.3) is 0 Å². The molecule has 6 heteroatoms. The summed E-state index contributed by atoms with van der Waals surface area (Å²) < 4.78 is 2.38. The van der Waals surface area contributed by atoms with Crippen molar-refractivity contribution >= 4 is 43.5 Å². The lowest BCUT2D eigenvalue weighted by Gasteiger charge is -2.15. The molecule has 0 N–H and O–H groups in total. The average Bonchev–Trinajstić information content (AvgIpc) is 3.69. The predicted octanol–water partition coefficient (Wildman–Crippen LogP) is 14.1. The molecule has 6 aromatic heterocycles. The van der Waals surface area contributed by atoms with Gasteiger partial charge in [-0.15, -0.1) is 0 Å². The summed E-state index contributed by atoms with van der Waals surface area (Å²) >= 11 is 0. The zero-order valence-electron chi connectivity index (χ0n) is 34.0. The van der Waals surface area contributed by atoms with Gasteiger partial charge >= 0.3 is 0 Å². The van der Waals surface area contributed by atoms with E-state index < -0.39 is 0 Å². The highest BCUT2D eigenvalue weighted by Crippen LogP contribution is 2.41. The number of aromatic nitrogens is 6. The van der Waals surface area contributed by atoms with Crippen LogP contribution >= 0.6 is 0 Å². The third-order valence-electron chi connectivity index (χ3n) is 12.0. The Hall–Kier alpha value is -8.61. The highest BCUT2D eigenvalue weighted by Gasteiger charge is 2.19. The molecule has 0 spiro atoms. The SMILES string of the molecule is c1ccc(-c2nc3cc(-c4cc(-c5ccc(-c6ccccn6)nc5)cc(-c5ccc(-c6ccccn6)nc5)c4)ccc3c3cc4c(cc23)c2ccccc2n4-c2ccccc2)cc1. The van der Waals surface area contributed by atoms with E-state index in [2.05, 4.69) is 160 Å². The number of rotatable bonds is 7. The Morgan fingerprint density at radius 3 is 1.49 bits per heavy atom. The van der Waals surface area contributed by atoms with Gasteiger partial charge in [0.1, 0.15) is 0 Å². The molecule has 294 valence electrons. The fraction of sp³-hybridized carbons (Fsp3) is 0. The standard InChI is InChI=1S/C57H36N6/c1-3-13-37(14-4-1)57-49-33-48-46-17-7-8-20-55(46)63(44-15-5-2-6-16-44)56(48)34-47(49)45-24-21-38(32-54(45)62-57)41-29-42(39-22-25-52(60-35-39)50-18-9-11-27-58-50)31-43(30-41)40-23-26-53(61-36-40)51-19-10-12-28-59-51/h1-36H. The van der Waals surface area contributed by atoms with Crippen LogP contribution < -0.4 is 0 Å². The summed E-state index contributed by atoms with van der Waals surface area (Å²) in [6.45, 7) is 0. The normalized spacial score (nSPS) is 11.5. The first kappa shape index (κ1) is 36.3. The van der Waals surface area contributed by atoms with E-state index in [9.17, 15) is 0 Å². The maximum absolute atomic E-state index is 5.51. The molecule has 6 aromatic carbocycles. The van der Waals surface area contributed by atoms with Gasteiger partial charge in [0.15, 0.2) is 0 Å². The lowest BCUT2D eigenvalue weighted by atomic mass is 9.92. The highest BCUT2D eigenvalue weighted by molar-refractivity contribution is 6.20. The molecule has 0 aliphatic carbocycles. The van der Waals surface area contributed by atoms with Crippen LogP contribution in [0.4, 0.5) is 0 Å². The molecule has 0 atom stereocenters. The lowest BCUT2D eigenvalue weighted by molar-refractivity contribution is 1.18. The molecular weight excluding hydrogens is 769 g/mol. The smallest absolute Gasteiger partial charge is 0.0886 e. The third-order valence-corrected chi connectivity index (χ3v) is 12.0. The number of benzene rings is 6. The molecule has 0 bridgehead atoms. The first-order valence-corrected chi connectivity index (χ1v) is 21.0. The summed E-state index contributed by atoms with van der Waals surface area (Å²) in [6.07, 6.45) is 7.46. The van der Waals surface area contributed by atoms with Gasteiger partial charge in [-0.25, -0.2) is 4.98 Å². The Kier molecular flexibility index (Phi) is 8.71. The summed E-state index contributed by atoms with van der Waals surface area (Å²) in [7, 11) is 0. The van der Waals surface area contributed by atoms with Crippen LogP contribution in [-0.4, -0.2) is 29.5 Å². The molecule has 0 unspecified atom stereocenters. The number of hydrogen-bond donors (Lipinski definition) is 0. The summed E-state index contributed by atoms with van der Waals surface area (Å²) in [5.41, 5.74) is 16.0. The maximum Gasteiger partial charge on any atom is 0.0886 e. The molecule has 0 fully saturated rings. The average molecular weight is 805 g/mol. The Bertz CT molecular complexity index is 3530. The first-order valence-electron chi connectivity index (χ1n) is 21.0. The van der Waals surface area contributed by atoms with Gasteiger partial charge in [-0.3, -0.25) is 19.9 Å².